The summed E-state index contributed by atoms with van der Waals surface area (Å²) >= 11 is 4.33. The van der Waals surface area contributed by atoms with Crippen molar-refractivity contribution < 1.29 is 9.35 Å². The fraction of sp³-hybridized carbons (Fsp3) is 0.538. The van der Waals surface area contributed by atoms with Crippen LogP contribution in [0.2, 0.25) is 18.1 Å². The van der Waals surface area contributed by atoms with Crippen molar-refractivity contribution in [3.8, 4) is 0 Å². The fourth-order valence-electron chi connectivity index (χ4n) is 1.28. The monoisotopic (exact) mass is 299 g/mol. The summed E-state index contributed by atoms with van der Waals surface area (Å²) in [5.74, 6) is 0. The predicted octanol–water partition coefficient (Wildman–Crippen LogP) is 4.41. The maximum absolute atomic E-state index is 10.8. The number of nitro groups is 1. The Morgan fingerprint density at radius 2 is 1.95 bits per heavy atom. The summed E-state index contributed by atoms with van der Waals surface area (Å²) in [5.41, 5.74) is 0.842. The van der Waals surface area contributed by atoms with Crippen LogP contribution in [0.25, 0.3) is 0 Å². The highest BCUT2D eigenvalue weighted by Crippen LogP contribution is 2.37. The van der Waals surface area contributed by atoms with Gasteiger partial charge in [-0.25, -0.2) is 0 Å². The van der Waals surface area contributed by atoms with Gasteiger partial charge in [0, 0.05) is 17.0 Å². The number of thiol groups is 1. The lowest BCUT2D eigenvalue weighted by molar-refractivity contribution is -0.385. The van der Waals surface area contributed by atoms with Crippen molar-refractivity contribution in [2.45, 2.75) is 50.4 Å². The van der Waals surface area contributed by atoms with E-state index in [0.29, 0.717) is 6.61 Å². The van der Waals surface area contributed by atoms with Crippen LogP contribution in [0.5, 0.6) is 0 Å². The quantitative estimate of drug-likeness (QED) is 0.388. The molecule has 106 valence electrons. The van der Waals surface area contributed by atoms with E-state index in [0.717, 1.165) is 10.5 Å². The molecule has 0 unspecified atom stereocenters. The molecule has 0 saturated heterocycles. The molecule has 1 aromatic rings. The van der Waals surface area contributed by atoms with E-state index in [4.69, 9.17) is 4.43 Å². The van der Waals surface area contributed by atoms with E-state index in [-0.39, 0.29) is 10.7 Å². The van der Waals surface area contributed by atoms with Crippen molar-refractivity contribution in [1.82, 2.24) is 0 Å². The fourth-order valence-corrected chi connectivity index (χ4v) is 2.43. The van der Waals surface area contributed by atoms with Crippen molar-refractivity contribution >= 4 is 26.6 Å². The number of benzene rings is 1. The molecular weight excluding hydrogens is 278 g/mol. The average Bonchev–Trinajstić information content (AvgIpc) is 2.26. The largest absolute Gasteiger partial charge is 0.413 e. The molecule has 0 aliphatic carbocycles. The van der Waals surface area contributed by atoms with Gasteiger partial charge in [-0.1, -0.05) is 20.8 Å². The maximum Gasteiger partial charge on any atom is 0.269 e. The van der Waals surface area contributed by atoms with Crippen LogP contribution in [0.1, 0.15) is 26.3 Å². The Balaban J connectivity index is 2.89. The molecule has 0 spiro atoms. The van der Waals surface area contributed by atoms with Crippen LogP contribution in [-0.2, 0) is 11.0 Å². The summed E-state index contributed by atoms with van der Waals surface area (Å²) in [6.45, 7) is 11.2. The molecule has 0 N–H and O–H groups in total. The van der Waals surface area contributed by atoms with E-state index in [1.54, 1.807) is 6.07 Å². The van der Waals surface area contributed by atoms with Crippen molar-refractivity contribution in [2.24, 2.45) is 0 Å². The lowest BCUT2D eigenvalue weighted by atomic mass is 10.2. The Hall–Kier alpha value is -0.853. The number of non-ortho nitro benzene ring substituents is 1. The topological polar surface area (TPSA) is 52.4 Å². The van der Waals surface area contributed by atoms with Crippen molar-refractivity contribution in [3.63, 3.8) is 0 Å². The number of hydrogen-bond donors (Lipinski definition) is 1. The van der Waals surface area contributed by atoms with Gasteiger partial charge in [0.2, 0.25) is 0 Å². The Kier molecular flexibility index (Phi) is 4.81. The van der Waals surface area contributed by atoms with Gasteiger partial charge >= 0.3 is 0 Å². The van der Waals surface area contributed by atoms with Crippen LogP contribution in [0, 0.1) is 10.1 Å². The summed E-state index contributed by atoms with van der Waals surface area (Å²) in [7, 11) is -1.86. The highest BCUT2D eigenvalue weighted by molar-refractivity contribution is 7.80. The molecule has 4 nitrogen and oxygen atoms in total. The van der Waals surface area contributed by atoms with Gasteiger partial charge in [-0.05, 0) is 29.8 Å². The molecule has 0 bridgehead atoms. The van der Waals surface area contributed by atoms with Gasteiger partial charge in [0.15, 0.2) is 8.32 Å². The highest BCUT2D eigenvalue weighted by atomic mass is 32.1. The van der Waals surface area contributed by atoms with Gasteiger partial charge in [-0.15, -0.1) is 12.6 Å². The number of nitrogens with zero attached hydrogens (tertiary/aromatic N) is 1. The van der Waals surface area contributed by atoms with Crippen molar-refractivity contribution in [2.75, 3.05) is 0 Å². The molecular formula is C13H21NO3SSi. The Morgan fingerprint density at radius 1 is 1.37 bits per heavy atom. The normalized spacial score (nSPS) is 12.5. The zero-order chi connectivity index (χ0) is 14.8. The van der Waals surface area contributed by atoms with Crippen LogP contribution in [0.4, 0.5) is 5.69 Å². The molecule has 19 heavy (non-hydrogen) atoms. The van der Waals surface area contributed by atoms with Crippen LogP contribution in [-0.4, -0.2) is 13.2 Å². The molecule has 0 aliphatic rings. The van der Waals surface area contributed by atoms with Crippen LogP contribution in [0.3, 0.4) is 0 Å². The van der Waals surface area contributed by atoms with E-state index in [1.807, 2.05) is 0 Å². The molecule has 0 fully saturated rings. The van der Waals surface area contributed by atoms with Crippen molar-refractivity contribution in [1.29, 1.82) is 0 Å². The first-order chi connectivity index (χ1) is 8.54. The minimum Gasteiger partial charge on any atom is -0.413 e. The molecule has 1 aromatic carbocycles. The standard InChI is InChI=1S/C13H21NO3SSi/c1-13(2,3)19(4,5)17-9-10-8-11(14(15)16)6-7-12(10)18/h6-8,18H,9H2,1-5H3. The summed E-state index contributed by atoms with van der Waals surface area (Å²) in [6.07, 6.45) is 0. The smallest absolute Gasteiger partial charge is 0.269 e. The van der Waals surface area contributed by atoms with E-state index < -0.39 is 13.2 Å². The minimum absolute atomic E-state index is 0.0756. The summed E-state index contributed by atoms with van der Waals surface area (Å²) in [5, 5.41) is 10.9. The van der Waals surface area contributed by atoms with E-state index in [1.165, 1.54) is 12.1 Å². The minimum atomic E-state index is -1.86. The molecule has 0 aliphatic heterocycles. The molecule has 1 rings (SSSR count). The second-order valence-corrected chi connectivity index (χ2v) is 11.4. The van der Waals surface area contributed by atoms with Gasteiger partial charge in [0.25, 0.3) is 5.69 Å². The van der Waals surface area contributed by atoms with Crippen LogP contribution < -0.4 is 0 Å². The third kappa shape index (κ3) is 4.06. The lowest BCUT2D eigenvalue weighted by Crippen LogP contribution is -2.40. The van der Waals surface area contributed by atoms with Gasteiger partial charge < -0.3 is 4.43 Å². The lowest BCUT2D eigenvalue weighted by Gasteiger charge is -2.36. The Labute approximate surface area is 120 Å². The molecule has 0 saturated carbocycles. The van der Waals surface area contributed by atoms with Gasteiger partial charge in [-0.2, -0.15) is 0 Å². The predicted molar refractivity (Wildman–Crippen MR) is 82.3 cm³/mol. The molecule has 6 heteroatoms. The SMILES string of the molecule is CC(C)(C)[Si](C)(C)OCc1cc([N+](=O)[O-])ccc1S. The van der Waals surface area contributed by atoms with E-state index in [9.17, 15) is 10.1 Å². The van der Waals surface area contributed by atoms with E-state index in [2.05, 4.69) is 46.5 Å². The zero-order valence-electron chi connectivity index (χ0n) is 12.1. The summed E-state index contributed by atoms with van der Waals surface area (Å²) in [6, 6.07) is 4.64. The second-order valence-electron chi connectivity index (χ2n) is 6.12. The molecule has 0 radical (unpaired) electrons. The molecule has 0 aromatic heterocycles. The summed E-state index contributed by atoms with van der Waals surface area (Å²) < 4.78 is 6.06. The highest BCUT2D eigenvalue weighted by Gasteiger charge is 2.37. The third-order valence-corrected chi connectivity index (χ3v) is 8.58. The first kappa shape index (κ1) is 16.2. The molecule has 0 heterocycles. The number of hydrogen-bond acceptors (Lipinski definition) is 4. The second kappa shape index (κ2) is 5.64. The van der Waals surface area contributed by atoms with Gasteiger partial charge in [0.1, 0.15) is 0 Å². The van der Waals surface area contributed by atoms with Crippen LogP contribution in [0.15, 0.2) is 23.1 Å². The number of rotatable bonds is 4. The summed E-state index contributed by atoms with van der Waals surface area (Å²) in [4.78, 5) is 11.1. The maximum atomic E-state index is 10.8. The van der Waals surface area contributed by atoms with Crippen LogP contribution >= 0.6 is 12.6 Å². The van der Waals surface area contributed by atoms with Gasteiger partial charge in [-0.3, -0.25) is 10.1 Å². The average molecular weight is 299 g/mol. The van der Waals surface area contributed by atoms with E-state index >= 15 is 0 Å². The third-order valence-electron chi connectivity index (χ3n) is 3.67. The van der Waals surface area contributed by atoms with Gasteiger partial charge in [0.05, 0.1) is 11.5 Å². The Morgan fingerprint density at radius 3 is 2.42 bits per heavy atom. The molecule has 0 atom stereocenters. The first-order valence-electron chi connectivity index (χ1n) is 6.15. The number of nitro benzene ring substituents is 1. The first-order valence-corrected chi connectivity index (χ1v) is 9.50. The Bertz CT molecular complexity index is 483. The molecule has 0 amide bonds. The zero-order valence-corrected chi connectivity index (χ0v) is 14.0. The van der Waals surface area contributed by atoms with Crippen molar-refractivity contribution in [3.05, 3.63) is 33.9 Å².